The van der Waals surface area contributed by atoms with Crippen LogP contribution in [0.1, 0.15) is 17.3 Å². The molecule has 0 saturated heterocycles. The van der Waals surface area contributed by atoms with E-state index in [1.807, 2.05) is 0 Å². The lowest BCUT2D eigenvalue weighted by Crippen LogP contribution is -2.16. The molecule has 0 atom stereocenters. The van der Waals surface area contributed by atoms with Crippen LogP contribution in [0.2, 0.25) is 0 Å². The fourth-order valence-corrected chi connectivity index (χ4v) is 1.88. The molecule has 8 heteroatoms. The van der Waals surface area contributed by atoms with E-state index in [9.17, 15) is 17.6 Å². The summed E-state index contributed by atoms with van der Waals surface area (Å²) in [6, 6.07) is 2.10. The minimum atomic E-state index is -3.60. The Morgan fingerprint density at radius 3 is 2.56 bits per heavy atom. The molecule has 1 aromatic rings. The molecule has 0 radical (unpaired) electrons. The predicted molar refractivity (Wildman–Crippen MR) is 63.0 cm³/mol. The molecule has 0 spiro atoms. The highest BCUT2D eigenvalue weighted by Gasteiger charge is 2.20. The van der Waals surface area contributed by atoms with Crippen molar-refractivity contribution in [3.8, 4) is 5.75 Å². The highest BCUT2D eigenvalue weighted by Crippen LogP contribution is 2.30. The summed E-state index contributed by atoms with van der Waals surface area (Å²) in [6.45, 7) is 1.41. The normalized spacial score (nSPS) is 11.1. The van der Waals surface area contributed by atoms with Crippen molar-refractivity contribution in [1.29, 1.82) is 0 Å². The van der Waals surface area contributed by atoms with E-state index in [0.29, 0.717) is 0 Å². The highest BCUT2D eigenvalue weighted by molar-refractivity contribution is 7.92. The van der Waals surface area contributed by atoms with Crippen molar-refractivity contribution in [3.05, 3.63) is 23.5 Å². The van der Waals surface area contributed by atoms with Gasteiger partial charge in [-0.25, -0.2) is 17.6 Å². The average Bonchev–Trinajstić information content (AvgIpc) is 2.28. The first-order valence-corrected chi connectivity index (χ1v) is 6.58. The second kappa shape index (κ2) is 5.21. The second-order valence-electron chi connectivity index (χ2n) is 3.32. The molecule has 0 amide bonds. The van der Waals surface area contributed by atoms with Gasteiger partial charge in [-0.3, -0.25) is 4.72 Å². The first-order valence-electron chi connectivity index (χ1n) is 4.92. The Balaban J connectivity index is 3.32. The molecule has 100 valence electrons. The highest BCUT2D eigenvalue weighted by atomic mass is 32.2. The lowest BCUT2D eigenvalue weighted by molar-refractivity contribution is 0.0691. The molecule has 6 nitrogen and oxygen atoms in total. The van der Waals surface area contributed by atoms with Gasteiger partial charge < -0.3 is 9.84 Å². The van der Waals surface area contributed by atoms with Crippen molar-refractivity contribution in [1.82, 2.24) is 0 Å². The number of carbonyl (C=O) groups is 1. The maximum absolute atomic E-state index is 13.7. The predicted octanol–water partition coefficient (Wildman–Crippen LogP) is 1.29. The Kier molecular flexibility index (Phi) is 4.12. The first-order chi connectivity index (χ1) is 8.32. The third kappa shape index (κ3) is 2.89. The van der Waals surface area contributed by atoms with E-state index in [4.69, 9.17) is 9.84 Å². The van der Waals surface area contributed by atoms with Gasteiger partial charge in [-0.1, -0.05) is 0 Å². The van der Waals surface area contributed by atoms with Gasteiger partial charge in [0.1, 0.15) is 0 Å². The van der Waals surface area contributed by atoms with Gasteiger partial charge in [0.15, 0.2) is 11.6 Å². The number of sulfonamides is 1. The summed E-state index contributed by atoms with van der Waals surface area (Å²) >= 11 is 0. The lowest BCUT2D eigenvalue weighted by atomic mass is 10.2. The van der Waals surface area contributed by atoms with Gasteiger partial charge in [-0.05, 0) is 19.1 Å². The third-order valence-corrected chi connectivity index (χ3v) is 3.47. The van der Waals surface area contributed by atoms with Gasteiger partial charge in [0, 0.05) is 0 Å². The van der Waals surface area contributed by atoms with Crippen LogP contribution in [0, 0.1) is 5.82 Å². The number of aromatic carboxylic acids is 1. The van der Waals surface area contributed by atoms with E-state index in [-0.39, 0.29) is 11.4 Å². The molecule has 0 aliphatic heterocycles. The number of carboxylic acid groups (broad SMARTS) is 1. The number of benzene rings is 1. The van der Waals surface area contributed by atoms with Crippen molar-refractivity contribution in [3.63, 3.8) is 0 Å². The van der Waals surface area contributed by atoms with Crippen molar-refractivity contribution >= 4 is 21.7 Å². The quantitative estimate of drug-likeness (QED) is 0.846. The third-order valence-electron chi connectivity index (χ3n) is 2.18. The van der Waals surface area contributed by atoms with Crippen molar-refractivity contribution in [2.75, 3.05) is 17.6 Å². The number of halogens is 1. The number of methoxy groups -OCH3 is 1. The summed E-state index contributed by atoms with van der Waals surface area (Å²) in [5.41, 5.74) is -0.729. The van der Waals surface area contributed by atoms with E-state index in [1.54, 1.807) is 0 Å². The Bertz CT molecular complexity index is 570. The molecule has 0 unspecified atom stereocenters. The average molecular weight is 277 g/mol. The molecule has 2 N–H and O–H groups in total. The van der Waals surface area contributed by atoms with Crippen molar-refractivity contribution in [2.24, 2.45) is 0 Å². The van der Waals surface area contributed by atoms with Gasteiger partial charge in [0.25, 0.3) is 0 Å². The smallest absolute Gasteiger partial charge is 0.338 e. The summed E-state index contributed by atoms with van der Waals surface area (Å²) in [5.74, 6) is -3.23. The number of hydrogen-bond donors (Lipinski definition) is 2. The number of anilines is 1. The molecular formula is C10H12FNO5S. The molecular weight excluding hydrogens is 265 g/mol. The number of ether oxygens (including phenoxy) is 1. The van der Waals surface area contributed by atoms with Crippen molar-refractivity contribution in [2.45, 2.75) is 6.92 Å². The zero-order chi connectivity index (χ0) is 13.9. The molecule has 0 heterocycles. The van der Waals surface area contributed by atoms with E-state index in [0.717, 1.165) is 19.2 Å². The molecule has 0 bridgehead atoms. The summed E-state index contributed by atoms with van der Waals surface area (Å²) < 4.78 is 43.2. The van der Waals surface area contributed by atoms with Crippen LogP contribution >= 0.6 is 0 Å². The minimum absolute atomic E-state index is 0.137. The van der Waals surface area contributed by atoms with E-state index in [2.05, 4.69) is 4.72 Å². The van der Waals surface area contributed by atoms with E-state index >= 15 is 0 Å². The van der Waals surface area contributed by atoms with Crippen LogP contribution in [-0.4, -0.2) is 32.4 Å². The Hall–Kier alpha value is -1.83. The molecule has 0 saturated carbocycles. The van der Waals surface area contributed by atoms with E-state index in [1.165, 1.54) is 6.92 Å². The Morgan fingerprint density at radius 2 is 2.11 bits per heavy atom. The van der Waals surface area contributed by atoms with Crippen LogP contribution < -0.4 is 9.46 Å². The number of nitrogens with one attached hydrogen (secondary N) is 1. The monoisotopic (exact) mass is 277 g/mol. The lowest BCUT2D eigenvalue weighted by Gasteiger charge is -2.12. The Morgan fingerprint density at radius 1 is 1.50 bits per heavy atom. The summed E-state index contributed by atoms with van der Waals surface area (Å²) in [4.78, 5) is 10.7. The topological polar surface area (TPSA) is 92.7 Å². The standard InChI is InChI=1S/C10H12FNO5S/c1-3-18(15,16)12-7-5-4-6(10(13)14)8(11)9(7)17-2/h4-5,12H,3H2,1-2H3,(H,13,14). The van der Waals surface area contributed by atoms with Gasteiger partial charge in [0.05, 0.1) is 24.1 Å². The summed E-state index contributed by atoms with van der Waals surface area (Å²) in [7, 11) is -2.48. The molecule has 0 aromatic heterocycles. The van der Waals surface area contributed by atoms with Crippen molar-refractivity contribution < 1.29 is 27.4 Å². The zero-order valence-electron chi connectivity index (χ0n) is 9.73. The number of carboxylic acids is 1. The van der Waals surface area contributed by atoms with Crippen LogP contribution in [0.3, 0.4) is 0 Å². The number of rotatable bonds is 5. The summed E-state index contributed by atoms with van der Waals surface area (Å²) in [5, 5.41) is 8.72. The van der Waals surface area contributed by atoms with E-state index < -0.39 is 33.1 Å². The van der Waals surface area contributed by atoms with Crippen LogP contribution in [0.4, 0.5) is 10.1 Å². The summed E-state index contributed by atoms with van der Waals surface area (Å²) in [6.07, 6.45) is 0. The Labute approximate surface area is 103 Å². The van der Waals surface area contributed by atoms with Gasteiger partial charge in [0.2, 0.25) is 10.0 Å². The molecule has 18 heavy (non-hydrogen) atoms. The van der Waals surface area contributed by atoms with Crippen LogP contribution in [0.15, 0.2) is 12.1 Å². The fourth-order valence-electron chi connectivity index (χ4n) is 1.24. The molecule has 0 aliphatic carbocycles. The van der Waals surface area contributed by atoms with Gasteiger partial charge in [-0.2, -0.15) is 0 Å². The molecule has 1 aromatic carbocycles. The minimum Gasteiger partial charge on any atom is -0.492 e. The largest absolute Gasteiger partial charge is 0.492 e. The zero-order valence-corrected chi connectivity index (χ0v) is 10.5. The van der Waals surface area contributed by atoms with Crippen LogP contribution in [0.5, 0.6) is 5.75 Å². The SMILES string of the molecule is CCS(=O)(=O)Nc1ccc(C(=O)O)c(F)c1OC. The fraction of sp³-hybridized carbons (Fsp3) is 0.300. The van der Waals surface area contributed by atoms with Gasteiger partial charge in [-0.15, -0.1) is 0 Å². The van der Waals surface area contributed by atoms with Crippen LogP contribution in [0.25, 0.3) is 0 Å². The molecule has 1 rings (SSSR count). The van der Waals surface area contributed by atoms with Crippen LogP contribution in [-0.2, 0) is 10.0 Å². The second-order valence-corrected chi connectivity index (χ2v) is 5.33. The molecule has 0 aliphatic rings. The first kappa shape index (κ1) is 14.2. The van der Waals surface area contributed by atoms with Gasteiger partial charge >= 0.3 is 5.97 Å². The maximum Gasteiger partial charge on any atom is 0.338 e. The maximum atomic E-state index is 13.7. The number of hydrogen-bond acceptors (Lipinski definition) is 4. The molecule has 0 fully saturated rings.